The number of thioether (sulfide) groups is 1. The van der Waals surface area contributed by atoms with Crippen LogP contribution in [0.1, 0.15) is 45.3 Å². The van der Waals surface area contributed by atoms with Crippen molar-refractivity contribution in [2.24, 2.45) is 7.05 Å². The summed E-state index contributed by atoms with van der Waals surface area (Å²) in [6.45, 7) is 5.86. The molecule has 0 aliphatic heterocycles. The number of aryl methyl sites for hydroxylation is 4. The summed E-state index contributed by atoms with van der Waals surface area (Å²) >= 11 is 2.90. The average molecular weight is 399 g/mol. The number of carbonyl (C=O) groups excluding carboxylic acids is 1. The number of aromatic nitrogens is 2. The number of hydrogen-bond acceptors (Lipinski definition) is 5. The molecule has 0 amide bonds. The fraction of sp³-hybridized carbons (Fsp3) is 0.381. The number of ketones is 1. The summed E-state index contributed by atoms with van der Waals surface area (Å²) in [5, 5.41) is 0.986. The van der Waals surface area contributed by atoms with Gasteiger partial charge in [0, 0.05) is 17.5 Å². The molecule has 1 aliphatic rings. The summed E-state index contributed by atoms with van der Waals surface area (Å²) in [7, 11) is 1.73. The fourth-order valence-electron chi connectivity index (χ4n) is 3.63. The van der Waals surface area contributed by atoms with Crippen LogP contribution in [0.15, 0.2) is 28.2 Å². The predicted molar refractivity (Wildman–Crippen MR) is 112 cm³/mol. The van der Waals surface area contributed by atoms with Crippen molar-refractivity contribution in [2.75, 3.05) is 0 Å². The SMILES string of the molecule is Cc1sc2nc(SC(C)C(=O)c3ccc4c(c3)CCC4)n(C)c(=O)c2c1C. The fourth-order valence-corrected chi connectivity index (χ4v) is 5.65. The van der Waals surface area contributed by atoms with Gasteiger partial charge in [-0.1, -0.05) is 23.9 Å². The van der Waals surface area contributed by atoms with Gasteiger partial charge in [-0.2, -0.15) is 0 Å². The van der Waals surface area contributed by atoms with Crippen molar-refractivity contribution in [3.8, 4) is 0 Å². The van der Waals surface area contributed by atoms with E-state index in [4.69, 9.17) is 0 Å². The third-order valence-electron chi connectivity index (χ3n) is 5.40. The summed E-state index contributed by atoms with van der Waals surface area (Å²) < 4.78 is 1.57. The first-order valence-electron chi connectivity index (χ1n) is 9.16. The van der Waals surface area contributed by atoms with Crippen LogP contribution in [0.2, 0.25) is 0 Å². The van der Waals surface area contributed by atoms with E-state index < -0.39 is 0 Å². The summed E-state index contributed by atoms with van der Waals surface area (Å²) in [6, 6.07) is 6.07. The van der Waals surface area contributed by atoms with Gasteiger partial charge in [0.25, 0.3) is 5.56 Å². The Morgan fingerprint density at radius 2 is 2.00 bits per heavy atom. The van der Waals surface area contributed by atoms with Gasteiger partial charge in [0.15, 0.2) is 10.9 Å². The van der Waals surface area contributed by atoms with Gasteiger partial charge in [-0.15, -0.1) is 11.3 Å². The Morgan fingerprint density at radius 3 is 2.78 bits per heavy atom. The van der Waals surface area contributed by atoms with Crippen LogP contribution in [-0.4, -0.2) is 20.6 Å². The molecule has 0 saturated carbocycles. The molecule has 0 N–H and O–H groups in total. The molecule has 1 aromatic carbocycles. The first-order valence-corrected chi connectivity index (χ1v) is 10.9. The van der Waals surface area contributed by atoms with Gasteiger partial charge >= 0.3 is 0 Å². The molecular weight excluding hydrogens is 376 g/mol. The Morgan fingerprint density at radius 1 is 1.26 bits per heavy atom. The standard InChI is InChI=1S/C21H22N2O2S2/c1-11-12(2)26-19-17(11)20(25)23(4)21(22-19)27-13(3)18(24)16-9-8-14-6-5-7-15(14)10-16/h8-10,13H,5-7H2,1-4H3. The lowest BCUT2D eigenvalue weighted by Gasteiger charge is -2.13. The van der Waals surface area contributed by atoms with E-state index in [1.54, 1.807) is 11.6 Å². The highest BCUT2D eigenvalue weighted by Gasteiger charge is 2.22. The summed E-state index contributed by atoms with van der Waals surface area (Å²) in [5.41, 5.74) is 4.38. The van der Waals surface area contributed by atoms with Gasteiger partial charge in [-0.3, -0.25) is 14.2 Å². The molecule has 6 heteroatoms. The minimum Gasteiger partial charge on any atom is -0.293 e. The minimum absolute atomic E-state index is 0.0403. The molecule has 1 atom stereocenters. The van der Waals surface area contributed by atoms with E-state index in [-0.39, 0.29) is 16.6 Å². The van der Waals surface area contributed by atoms with Gasteiger partial charge in [0.2, 0.25) is 0 Å². The summed E-state index contributed by atoms with van der Waals surface area (Å²) in [5.74, 6) is 0.0857. The van der Waals surface area contributed by atoms with E-state index in [2.05, 4.69) is 11.1 Å². The normalized spacial score (nSPS) is 14.5. The number of benzene rings is 1. The molecule has 3 aromatic rings. The van der Waals surface area contributed by atoms with Crippen molar-refractivity contribution in [3.05, 3.63) is 55.7 Å². The van der Waals surface area contributed by atoms with Crippen LogP contribution in [0.25, 0.3) is 10.2 Å². The van der Waals surface area contributed by atoms with Crippen LogP contribution in [-0.2, 0) is 19.9 Å². The van der Waals surface area contributed by atoms with Crippen molar-refractivity contribution in [1.82, 2.24) is 9.55 Å². The van der Waals surface area contributed by atoms with E-state index in [9.17, 15) is 9.59 Å². The predicted octanol–water partition coefficient (Wildman–Crippen LogP) is 4.46. The summed E-state index contributed by atoms with van der Waals surface area (Å²) in [6.07, 6.45) is 3.34. The highest BCUT2D eigenvalue weighted by Crippen LogP contribution is 2.30. The van der Waals surface area contributed by atoms with Crippen LogP contribution >= 0.6 is 23.1 Å². The smallest absolute Gasteiger partial charge is 0.262 e. The lowest BCUT2D eigenvalue weighted by Crippen LogP contribution is -2.22. The second-order valence-electron chi connectivity index (χ2n) is 7.18. The van der Waals surface area contributed by atoms with Crippen molar-refractivity contribution in [2.45, 2.75) is 50.4 Å². The van der Waals surface area contributed by atoms with E-state index in [0.29, 0.717) is 10.5 Å². The largest absolute Gasteiger partial charge is 0.293 e. The average Bonchev–Trinajstić information content (AvgIpc) is 3.22. The van der Waals surface area contributed by atoms with Crippen molar-refractivity contribution in [3.63, 3.8) is 0 Å². The summed E-state index contributed by atoms with van der Waals surface area (Å²) in [4.78, 5) is 32.2. The maximum Gasteiger partial charge on any atom is 0.262 e. The van der Waals surface area contributed by atoms with Gasteiger partial charge in [-0.05, 0) is 62.8 Å². The first-order chi connectivity index (χ1) is 12.9. The highest BCUT2D eigenvalue weighted by atomic mass is 32.2. The van der Waals surface area contributed by atoms with Crippen LogP contribution in [0.5, 0.6) is 0 Å². The highest BCUT2D eigenvalue weighted by molar-refractivity contribution is 8.00. The molecule has 0 spiro atoms. The second-order valence-corrected chi connectivity index (χ2v) is 9.69. The van der Waals surface area contributed by atoms with Crippen molar-refractivity contribution >= 4 is 39.1 Å². The van der Waals surface area contributed by atoms with Crippen molar-refractivity contribution in [1.29, 1.82) is 0 Å². The second kappa shape index (κ2) is 6.91. The maximum atomic E-state index is 12.9. The Labute approximate surface area is 166 Å². The molecule has 27 heavy (non-hydrogen) atoms. The molecule has 0 radical (unpaired) electrons. The van der Waals surface area contributed by atoms with E-state index in [1.165, 1.54) is 40.6 Å². The molecule has 1 unspecified atom stereocenters. The number of hydrogen-bond donors (Lipinski definition) is 0. The van der Waals surface area contributed by atoms with Gasteiger partial charge in [-0.25, -0.2) is 4.98 Å². The first kappa shape index (κ1) is 18.4. The molecule has 4 rings (SSSR count). The van der Waals surface area contributed by atoms with E-state index in [1.807, 2.05) is 32.9 Å². The number of Topliss-reactive ketones (excluding diaryl/α,β-unsaturated/α-hetero) is 1. The third-order valence-corrected chi connectivity index (χ3v) is 7.65. The Hall–Kier alpha value is -1.92. The molecule has 0 fully saturated rings. The molecular formula is C21H22N2O2S2. The zero-order valence-corrected chi connectivity index (χ0v) is 17.6. The van der Waals surface area contributed by atoms with Gasteiger partial charge < -0.3 is 0 Å². The monoisotopic (exact) mass is 398 g/mol. The number of nitrogens with zero attached hydrogens (tertiary/aromatic N) is 2. The zero-order chi connectivity index (χ0) is 19.3. The minimum atomic E-state index is -0.304. The van der Waals surface area contributed by atoms with Crippen LogP contribution in [0.4, 0.5) is 0 Å². The van der Waals surface area contributed by atoms with Gasteiger partial charge in [0.1, 0.15) is 4.83 Å². The van der Waals surface area contributed by atoms with Crippen LogP contribution in [0.3, 0.4) is 0 Å². The Bertz CT molecular complexity index is 1130. The molecule has 4 nitrogen and oxygen atoms in total. The topological polar surface area (TPSA) is 52.0 Å². The molecule has 140 valence electrons. The van der Waals surface area contributed by atoms with E-state index in [0.717, 1.165) is 33.7 Å². The third kappa shape index (κ3) is 3.15. The maximum absolute atomic E-state index is 12.9. The lowest BCUT2D eigenvalue weighted by molar-refractivity contribution is 0.0993. The zero-order valence-electron chi connectivity index (χ0n) is 16.0. The number of carbonyl (C=O) groups is 1. The quantitative estimate of drug-likeness (QED) is 0.370. The lowest BCUT2D eigenvalue weighted by atomic mass is 10.0. The van der Waals surface area contributed by atoms with Gasteiger partial charge in [0.05, 0.1) is 10.6 Å². The number of rotatable bonds is 4. The molecule has 0 bridgehead atoms. The molecule has 2 aromatic heterocycles. The molecule has 2 heterocycles. The Balaban J connectivity index is 1.64. The molecule has 0 saturated heterocycles. The van der Waals surface area contributed by atoms with Crippen LogP contribution in [0, 0.1) is 13.8 Å². The van der Waals surface area contributed by atoms with E-state index >= 15 is 0 Å². The number of fused-ring (bicyclic) bond motifs is 2. The van der Waals surface area contributed by atoms with Crippen molar-refractivity contribution < 1.29 is 4.79 Å². The molecule has 1 aliphatic carbocycles. The Kier molecular flexibility index (Phi) is 4.72. The van der Waals surface area contributed by atoms with Crippen LogP contribution < -0.4 is 5.56 Å². The number of thiophene rings is 1.